The molecule has 0 atom stereocenters. The van der Waals surface area contributed by atoms with Crippen molar-refractivity contribution in [1.82, 2.24) is 5.32 Å². The highest BCUT2D eigenvalue weighted by Crippen LogP contribution is 2.16. The summed E-state index contributed by atoms with van der Waals surface area (Å²) < 4.78 is 28.5. The molecule has 2 aromatic carbocycles. The lowest BCUT2D eigenvalue weighted by Crippen LogP contribution is -2.22. The zero-order valence-electron chi connectivity index (χ0n) is 10.6. The van der Waals surface area contributed by atoms with E-state index in [4.69, 9.17) is 0 Å². The van der Waals surface area contributed by atoms with Crippen LogP contribution in [0.3, 0.4) is 0 Å². The number of halogens is 2. The average Bonchev–Trinajstić information content (AvgIpc) is 2.45. The Morgan fingerprint density at radius 2 is 1.85 bits per heavy atom. The van der Waals surface area contributed by atoms with E-state index in [1.54, 1.807) is 6.07 Å². The van der Waals surface area contributed by atoms with Crippen LogP contribution in [0.5, 0.6) is 5.75 Å². The Balaban J connectivity index is 1.98. The molecule has 0 aliphatic heterocycles. The van der Waals surface area contributed by atoms with Gasteiger partial charge in [-0.3, -0.25) is 4.79 Å². The summed E-state index contributed by atoms with van der Waals surface area (Å²) in [4.78, 5) is 11.9. The minimum absolute atomic E-state index is 0.0349. The van der Waals surface area contributed by atoms with E-state index in [0.29, 0.717) is 6.54 Å². The maximum atomic E-state index is 12.1. The molecule has 3 nitrogen and oxygen atoms in total. The summed E-state index contributed by atoms with van der Waals surface area (Å²) in [6.45, 7) is -2.53. The molecule has 2 aromatic rings. The first-order chi connectivity index (χ1) is 9.65. The van der Waals surface area contributed by atoms with Crippen molar-refractivity contribution >= 4 is 5.91 Å². The number of alkyl halides is 2. The standard InChI is InChI=1S/C15H13F2NO2/c16-15(17)20-13-8-4-7-12(9-13)14(19)18-10-11-5-2-1-3-6-11/h1-9,15H,10H2,(H,18,19). The Hall–Kier alpha value is -2.43. The van der Waals surface area contributed by atoms with Gasteiger partial charge >= 0.3 is 6.61 Å². The van der Waals surface area contributed by atoms with Crippen molar-refractivity contribution in [2.75, 3.05) is 0 Å². The number of benzene rings is 2. The molecule has 0 radical (unpaired) electrons. The van der Waals surface area contributed by atoms with E-state index in [1.165, 1.54) is 18.2 Å². The van der Waals surface area contributed by atoms with Crippen LogP contribution in [-0.2, 0) is 6.54 Å². The van der Waals surface area contributed by atoms with Crippen LogP contribution in [0.1, 0.15) is 15.9 Å². The van der Waals surface area contributed by atoms with Crippen LogP contribution in [-0.4, -0.2) is 12.5 Å². The van der Waals surface area contributed by atoms with Crippen molar-refractivity contribution in [2.45, 2.75) is 13.2 Å². The molecular formula is C15H13F2NO2. The largest absolute Gasteiger partial charge is 0.435 e. The fraction of sp³-hybridized carbons (Fsp3) is 0.133. The fourth-order valence-electron chi connectivity index (χ4n) is 1.69. The highest BCUT2D eigenvalue weighted by atomic mass is 19.3. The van der Waals surface area contributed by atoms with Gasteiger partial charge < -0.3 is 10.1 Å². The Labute approximate surface area is 115 Å². The zero-order valence-corrected chi connectivity index (χ0v) is 10.6. The molecule has 0 spiro atoms. The molecule has 1 amide bonds. The van der Waals surface area contributed by atoms with Gasteiger partial charge in [-0.15, -0.1) is 0 Å². The quantitative estimate of drug-likeness (QED) is 0.911. The number of amides is 1. The van der Waals surface area contributed by atoms with E-state index in [0.717, 1.165) is 5.56 Å². The number of nitrogens with one attached hydrogen (secondary N) is 1. The number of carbonyl (C=O) groups is 1. The average molecular weight is 277 g/mol. The van der Waals surface area contributed by atoms with Crippen LogP contribution in [0.15, 0.2) is 54.6 Å². The molecule has 0 heterocycles. The monoisotopic (exact) mass is 277 g/mol. The normalized spacial score (nSPS) is 10.3. The van der Waals surface area contributed by atoms with Crippen LogP contribution in [0, 0.1) is 0 Å². The van der Waals surface area contributed by atoms with Crippen LogP contribution in [0.25, 0.3) is 0 Å². The number of rotatable bonds is 5. The van der Waals surface area contributed by atoms with Gasteiger partial charge in [0, 0.05) is 12.1 Å². The highest BCUT2D eigenvalue weighted by Gasteiger charge is 2.09. The van der Waals surface area contributed by atoms with Gasteiger partial charge in [0.25, 0.3) is 5.91 Å². The van der Waals surface area contributed by atoms with Gasteiger partial charge in [0.05, 0.1) is 0 Å². The van der Waals surface area contributed by atoms with Gasteiger partial charge in [0.15, 0.2) is 0 Å². The minimum atomic E-state index is -2.90. The van der Waals surface area contributed by atoms with Crippen molar-refractivity contribution in [1.29, 1.82) is 0 Å². The van der Waals surface area contributed by atoms with E-state index < -0.39 is 6.61 Å². The van der Waals surface area contributed by atoms with Crippen molar-refractivity contribution in [3.63, 3.8) is 0 Å². The Bertz CT molecular complexity index is 573. The molecular weight excluding hydrogens is 264 g/mol. The number of carbonyl (C=O) groups excluding carboxylic acids is 1. The summed E-state index contributed by atoms with van der Waals surface area (Å²) in [6.07, 6.45) is 0. The first kappa shape index (κ1) is 14.0. The van der Waals surface area contributed by atoms with Crippen LogP contribution >= 0.6 is 0 Å². The van der Waals surface area contributed by atoms with Crippen LogP contribution < -0.4 is 10.1 Å². The van der Waals surface area contributed by atoms with E-state index >= 15 is 0 Å². The fourth-order valence-corrected chi connectivity index (χ4v) is 1.69. The van der Waals surface area contributed by atoms with Gasteiger partial charge in [0.1, 0.15) is 5.75 Å². The second-order valence-electron chi connectivity index (χ2n) is 4.07. The molecule has 2 rings (SSSR count). The predicted octanol–water partition coefficient (Wildman–Crippen LogP) is 3.22. The molecule has 0 unspecified atom stereocenters. The van der Waals surface area contributed by atoms with Gasteiger partial charge in [-0.05, 0) is 23.8 Å². The van der Waals surface area contributed by atoms with Crippen molar-refractivity contribution < 1.29 is 18.3 Å². The smallest absolute Gasteiger partial charge is 0.387 e. The Morgan fingerprint density at radius 3 is 2.55 bits per heavy atom. The molecule has 1 N–H and O–H groups in total. The molecule has 0 bridgehead atoms. The summed E-state index contributed by atoms with van der Waals surface area (Å²) >= 11 is 0. The molecule has 0 saturated carbocycles. The first-order valence-electron chi connectivity index (χ1n) is 6.02. The molecule has 0 aliphatic rings. The maximum Gasteiger partial charge on any atom is 0.387 e. The van der Waals surface area contributed by atoms with E-state index in [2.05, 4.69) is 10.1 Å². The van der Waals surface area contributed by atoms with Crippen LogP contribution in [0.4, 0.5) is 8.78 Å². The second-order valence-corrected chi connectivity index (χ2v) is 4.07. The highest BCUT2D eigenvalue weighted by molar-refractivity contribution is 5.94. The SMILES string of the molecule is O=C(NCc1ccccc1)c1cccc(OC(F)F)c1. The summed E-state index contributed by atoms with van der Waals surface area (Å²) in [5.41, 5.74) is 1.24. The van der Waals surface area contributed by atoms with Gasteiger partial charge in [-0.25, -0.2) is 0 Å². The van der Waals surface area contributed by atoms with Crippen molar-refractivity contribution in [3.05, 3.63) is 65.7 Å². The van der Waals surface area contributed by atoms with E-state index in [1.807, 2.05) is 30.3 Å². The lowest BCUT2D eigenvalue weighted by Gasteiger charge is -2.08. The molecule has 0 aliphatic carbocycles. The van der Waals surface area contributed by atoms with Gasteiger partial charge in [0.2, 0.25) is 0 Å². The summed E-state index contributed by atoms with van der Waals surface area (Å²) in [6, 6.07) is 15.1. The third kappa shape index (κ3) is 4.05. The lowest BCUT2D eigenvalue weighted by atomic mass is 10.2. The topological polar surface area (TPSA) is 38.3 Å². The third-order valence-electron chi connectivity index (χ3n) is 2.62. The number of hydrogen-bond acceptors (Lipinski definition) is 2. The van der Waals surface area contributed by atoms with Gasteiger partial charge in [-0.1, -0.05) is 36.4 Å². The number of hydrogen-bond donors (Lipinski definition) is 1. The molecule has 0 aromatic heterocycles. The number of ether oxygens (including phenoxy) is 1. The Kier molecular flexibility index (Phi) is 4.65. The molecule has 5 heteroatoms. The summed E-state index contributed by atoms with van der Waals surface area (Å²) in [5, 5.41) is 2.71. The molecule has 0 fully saturated rings. The molecule has 104 valence electrons. The van der Waals surface area contributed by atoms with E-state index in [9.17, 15) is 13.6 Å². The van der Waals surface area contributed by atoms with Gasteiger partial charge in [-0.2, -0.15) is 8.78 Å². The second kappa shape index (κ2) is 6.65. The summed E-state index contributed by atoms with van der Waals surface area (Å²) in [5.74, 6) is -0.374. The van der Waals surface area contributed by atoms with Crippen LogP contribution in [0.2, 0.25) is 0 Å². The van der Waals surface area contributed by atoms with Crippen molar-refractivity contribution in [3.8, 4) is 5.75 Å². The van der Waals surface area contributed by atoms with Crippen molar-refractivity contribution in [2.24, 2.45) is 0 Å². The predicted molar refractivity (Wildman–Crippen MR) is 70.7 cm³/mol. The summed E-state index contributed by atoms with van der Waals surface area (Å²) in [7, 11) is 0. The molecule has 0 saturated heterocycles. The maximum absolute atomic E-state index is 12.1. The minimum Gasteiger partial charge on any atom is -0.435 e. The zero-order chi connectivity index (χ0) is 14.4. The third-order valence-corrected chi connectivity index (χ3v) is 2.62. The first-order valence-corrected chi connectivity index (χ1v) is 6.02. The molecule has 20 heavy (non-hydrogen) atoms. The Morgan fingerprint density at radius 1 is 1.10 bits per heavy atom. The lowest BCUT2D eigenvalue weighted by molar-refractivity contribution is -0.0498. The van der Waals surface area contributed by atoms with E-state index in [-0.39, 0.29) is 17.2 Å².